The number of nitrogens with one attached hydrogen (secondary N) is 1. The van der Waals surface area contributed by atoms with Crippen LogP contribution in [0, 0.1) is 0 Å². The molecule has 0 radical (unpaired) electrons. The van der Waals surface area contributed by atoms with Gasteiger partial charge in [-0.05, 0) is 12.5 Å². The molecule has 108 valence electrons. The van der Waals surface area contributed by atoms with Gasteiger partial charge in [0, 0.05) is 30.9 Å². The van der Waals surface area contributed by atoms with Gasteiger partial charge in [-0.2, -0.15) is 0 Å². The maximum atomic E-state index is 11.9. The van der Waals surface area contributed by atoms with Crippen LogP contribution in [0.5, 0.6) is 0 Å². The monoisotopic (exact) mass is 315 g/mol. The van der Waals surface area contributed by atoms with Crippen LogP contribution in [0.15, 0.2) is 35.1 Å². The summed E-state index contributed by atoms with van der Waals surface area (Å²) in [4.78, 5) is 14.6. The smallest absolute Gasteiger partial charge is 0.345 e. The Bertz CT molecular complexity index is 676. The average Bonchev–Trinajstić information content (AvgIpc) is 3.05. The van der Waals surface area contributed by atoms with Crippen LogP contribution >= 0.6 is 11.3 Å². The zero-order valence-corrected chi connectivity index (χ0v) is 12.0. The molecule has 2 heterocycles. The molecule has 0 atom stereocenters. The fraction of sp³-hybridized carbons (Fsp3) is 0.273. The molecule has 0 saturated heterocycles. The largest absolute Gasteiger partial charge is 0.477 e. The third kappa shape index (κ3) is 3.65. The van der Waals surface area contributed by atoms with Gasteiger partial charge in [-0.25, -0.2) is 22.9 Å². The number of carbonyl (C=O) groups is 1. The molecule has 0 unspecified atom stereocenters. The Balaban J connectivity index is 1.88. The normalized spacial score (nSPS) is 11.6. The molecule has 2 rings (SSSR count). The lowest BCUT2D eigenvalue weighted by molar-refractivity contribution is 0.0702. The van der Waals surface area contributed by atoms with Crippen molar-refractivity contribution >= 4 is 27.3 Å². The topological polar surface area (TPSA) is 101 Å². The summed E-state index contributed by atoms with van der Waals surface area (Å²) in [6, 6.07) is 1.16. The van der Waals surface area contributed by atoms with Gasteiger partial charge < -0.3 is 9.67 Å². The summed E-state index contributed by atoms with van der Waals surface area (Å²) in [7, 11) is -3.64. The lowest BCUT2D eigenvalue weighted by Gasteiger charge is -2.05. The number of carboxylic acid groups (broad SMARTS) is 1. The molecule has 0 aromatic carbocycles. The van der Waals surface area contributed by atoms with Crippen LogP contribution in [0.3, 0.4) is 0 Å². The molecule has 2 aromatic heterocycles. The number of hydrogen-bond acceptors (Lipinski definition) is 5. The Hall–Kier alpha value is -1.71. The molecule has 0 saturated carbocycles. The van der Waals surface area contributed by atoms with Crippen molar-refractivity contribution in [3.05, 3.63) is 35.0 Å². The number of aryl methyl sites for hydroxylation is 1. The molecule has 0 amide bonds. The van der Waals surface area contributed by atoms with E-state index >= 15 is 0 Å². The molecule has 0 bridgehead atoms. The highest BCUT2D eigenvalue weighted by molar-refractivity contribution is 7.89. The van der Waals surface area contributed by atoms with Gasteiger partial charge in [-0.15, -0.1) is 11.3 Å². The summed E-state index contributed by atoms with van der Waals surface area (Å²) < 4.78 is 28.1. The quantitative estimate of drug-likeness (QED) is 0.743. The highest BCUT2D eigenvalue weighted by Gasteiger charge is 2.17. The Morgan fingerprint density at radius 1 is 1.50 bits per heavy atom. The molecule has 0 spiro atoms. The molecule has 2 aromatic rings. The molecule has 0 aliphatic carbocycles. The highest BCUT2D eigenvalue weighted by Crippen LogP contribution is 2.18. The van der Waals surface area contributed by atoms with Crippen LogP contribution in [0.4, 0.5) is 0 Å². The number of aromatic nitrogens is 2. The van der Waals surface area contributed by atoms with Gasteiger partial charge in [0.1, 0.15) is 4.88 Å². The Kier molecular flexibility index (Phi) is 4.53. The van der Waals surface area contributed by atoms with Gasteiger partial charge in [0.2, 0.25) is 10.0 Å². The maximum absolute atomic E-state index is 11.9. The van der Waals surface area contributed by atoms with E-state index in [1.165, 1.54) is 5.38 Å². The van der Waals surface area contributed by atoms with Crippen LogP contribution < -0.4 is 4.72 Å². The second-order valence-electron chi connectivity index (χ2n) is 4.00. The number of imidazole rings is 1. The standard InChI is InChI=1S/C11H13N3O4S2/c15-11(16)10-6-9(7-19-10)20(17,18)13-2-1-4-14-5-3-12-8-14/h3,5-8,13H,1-2,4H2,(H,15,16). The molecule has 0 aliphatic rings. The van der Waals surface area contributed by atoms with Crippen molar-refractivity contribution in [1.82, 2.24) is 14.3 Å². The lowest BCUT2D eigenvalue weighted by atomic mass is 10.4. The van der Waals surface area contributed by atoms with E-state index in [9.17, 15) is 13.2 Å². The van der Waals surface area contributed by atoms with Crippen molar-refractivity contribution in [3.8, 4) is 0 Å². The Labute approximate surface area is 119 Å². The first kappa shape index (κ1) is 14.7. The number of carboxylic acids is 1. The number of aromatic carboxylic acids is 1. The summed E-state index contributed by atoms with van der Waals surface area (Å²) >= 11 is 0.891. The fourth-order valence-electron chi connectivity index (χ4n) is 1.54. The number of thiophene rings is 1. The SMILES string of the molecule is O=C(O)c1cc(S(=O)(=O)NCCCn2ccnc2)cs1. The van der Waals surface area contributed by atoms with Crippen molar-refractivity contribution in [2.45, 2.75) is 17.9 Å². The van der Waals surface area contributed by atoms with Gasteiger partial charge >= 0.3 is 5.97 Å². The van der Waals surface area contributed by atoms with E-state index in [0.29, 0.717) is 13.0 Å². The number of rotatable bonds is 7. The third-order valence-electron chi connectivity index (χ3n) is 2.54. The van der Waals surface area contributed by atoms with Crippen LogP contribution in [0.25, 0.3) is 0 Å². The van der Waals surface area contributed by atoms with Crippen molar-refractivity contribution in [1.29, 1.82) is 0 Å². The molecule has 0 aliphatic heterocycles. The van der Waals surface area contributed by atoms with Crippen LogP contribution in [0.2, 0.25) is 0 Å². The summed E-state index contributed by atoms with van der Waals surface area (Å²) in [5.74, 6) is -1.13. The summed E-state index contributed by atoms with van der Waals surface area (Å²) in [5.41, 5.74) is 0. The molecule has 20 heavy (non-hydrogen) atoms. The number of sulfonamides is 1. The predicted octanol–water partition coefficient (Wildman–Crippen LogP) is 1.01. The Morgan fingerprint density at radius 3 is 2.90 bits per heavy atom. The van der Waals surface area contributed by atoms with Gasteiger partial charge in [-0.3, -0.25) is 0 Å². The van der Waals surface area contributed by atoms with E-state index < -0.39 is 16.0 Å². The van der Waals surface area contributed by atoms with Gasteiger partial charge in [0.05, 0.1) is 11.2 Å². The number of hydrogen-bond donors (Lipinski definition) is 2. The van der Waals surface area contributed by atoms with E-state index in [1.54, 1.807) is 18.7 Å². The van der Waals surface area contributed by atoms with E-state index in [4.69, 9.17) is 5.11 Å². The maximum Gasteiger partial charge on any atom is 0.345 e. The van der Waals surface area contributed by atoms with E-state index in [2.05, 4.69) is 9.71 Å². The summed E-state index contributed by atoms with van der Waals surface area (Å²) in [5, 5.41) is 10.1. The minimum Gasteiger partial charge on any atom is -0.477 e. The molecule has 0 fully saturated rings. The average molecular weight is 315 g/mol. The van der Waals surface area contributed by atoms with Crippen molar-refractivity contribution in [3.63, 3.8) is 0 Å². The van der Waals surface area contributed by atoms with E-state index in [0.717, 1.165) is 17.4 Å². The first-order valence-electron chi connectivity index (χ1n) is 5.76. The van der Waals surface area contributed by atoms with Gasteiger partial charge in [0.25, 0.3) is 0 Å². The first-order chi connectivity index (χ1) is 9.49. The second-order valence-corrected chi connectivity index (χ2v) is 6.68. The zero-order chi connectivity index (χ0) is 14.6. The van der Waals surface area contributed by atoms with Crippen LogP contribution in [0.1, 0.15) is 16.1 Å². The van der Waals surface area contributed by atoms with E-state index in [1.807, 2.05) is 4.57 Å². The highest BCUT2D eigenvalue weighted by atomic mass is 32.2. The van der Waals surface area contributed by atoms with Crippen molar-refractivity contribution < 1.29 is 18.3 Å². The molecular weight excluding hydrogens is 302 g/mol. The zero-order valence-electron chi connectivity index (χ0n) is 10.4. The number of nitrogens with zero attached hydrogens (tertiary/aromatic N) is 2. The van der Waals surface area contributed by atoms with Crippen molar-refractivity contribution in [2.75, 3.05) is 6.54 Å². The van der Waals surface area contributed by atoms with E-state index in [-0.39, 0.29) is 16.3 Å². The lowest BCUT2D eigenvalue weighted by Crippen LogP contribution is -2.25. The van der Waals surface area contributed by atoms with Crippen LogP contribution in [-0.4, -0.2) is 35.6 Å². The molecular formula is C11H13N3O4S2. The first-order valence-corrected chi connectivity index (χ1v) is 8.12. The van der Waals surface area contributed by atoms with Gasteiger partial charge in [-0.1, -0.05) is 0 Å². The van der Waals surface area contributed by atoms with Crippen LogP contribution in [-0.2, 0) is 16.6 Å². The van der Waals surface area contributed by atoms with Crippen molar-refractivity contribution in [2.24, 2.45) is 0 Å². The summed E-state index contributed by atoms with van der Waals surface area (Å²) in [6.45, 7) is 0.936. The summed E-state index contributed by atoms with van der Waals surface area (Å²) in [6.07, 6.45) is 5.73. The predicted molar refractivity (Wildman–Crippen MR) is 73.3 cm³/mol. The molecule has 2 N–H and O–H groups in total. The minimum atomic E-state index is -3.64. The second kappa shape index (κ2) is 6.16. The molecule has 9 heteroatoms. The third-order valence-corrected chi connectivity index (χ3v) is 5.05. The fourth-order valence-corrected chi connectivity index (χ4v) is 3.73. The minimum absolute atomic E-state index is 0.00351. The van der Waals surface area contributed by atoms with Gasteiger partial charge in [0.15, 0.2) is 0 Å². The Morgan fingerprint density at radius 2 is 2.30 bits per heavy atom. The molecule has 7 nitrogen and oxygen atoms in total.